The van der Waals surface area contributed by atoms with E-state index in [2.05, 4.69) is 10.6 Å². The SMILES string of the molecule is CCCNC(=O)C1C(c2ccc(NC(=O)c3cccc(OC)c3)cc2)OC(=O)N1Cc1ccc(F)cc1. The normalized spacial score (nSPS) is 16.7. The maximum Gasteiger partial charge on any atom is 0.411 e. The molecule has 0 spiro atoms. The highest BCUT2D eigenvalue weighted by molar-refractivity contribution is 6.04. The molecule has 3 amide bonds. The molecule has 2 atom stereocenters. The van der Waals surface area contributed by atoms with Crippen LogP contribution in [-0.4, -0.2) is 42.5 Å². The standard InChI is InChI=1S/C28H28FN3O5/c1-3-15-30-27(34)24-25(37-28(35)32(24)17-18-7-11-21(29)12-8-18)19-9-13-22(14-10-19)31-26(33)20-5-4-6-23(16-20)36-2/h4-14,16,24-25H,3,15,17H2,1-2H3,(H,30,34)(H,31,33). The van der Waals surface area contributed by atoms with E-state index in [1.165, 1.54) is 24.1 Å². The van der Waals surface area contributed by atoms with Crippen LogP contribution >= 0.6 is 0 Å². The molecule has 0 radical (unpaired) electrons. The van der Waals surface area contributed by atoms with Gasteiger partial charge in [-0.15, -0.1) is 0 Å². The molecule has 37 heavy (non-hydrogen) atoms. The lowest BCUT2D eigenvalue weighted by Gasteiger charge is -2.24. The van der Waals surface area contributed by atoms with Crippen molar-refractivity contribution in [3.8, 4) is 5.75 Å². The van der Waals surface area contributed by atoms with Crippen LogP contribution in [0.2, 0.25) is 0 Å². The number of hydrogen-bond acceptors (Lipinski definition) is 5. The van der Waals surface area contributed by atoms with Crippen LogP contribution < -0.4 is 15.4 Å². The first-order valence-electron chi connectivity index (χ1n) is 11.9. The number of nitrogens with one attached hydrogen (secondary N) is 2. The lowest BCUT2D eigenvalue weighted by molar-refractivity contribution is -0.126. The Morgan fingerprint density at radius 1 is 1.05 bits per heavy atom. The van der Waals surface area contributed by atoms with Crippen molar-refractivity contribution in [3.05, 3.63) is 95.3 Å². The van der Waals surface area contributed by atoms with E-state index in [0.29, 0.717) is 34.7 Å². The molecule has 9 heteroatoms. The summed E-state index contributed by atoms with van der Waals surface area (Å²) in [4.78, 5) is 39.9. The van der Waals surface area contributed by atoms with Crippen molar-refractivity contribution in [1.29, 1.82) is 0 Å². The van der Waals surface area contributed by atoms with Crippen molar-refractivity contribution in [2.75, 3.05) is 19.0 Å². The van der Waals surface area contributed by atoms with E-state index in [0.717, 1.165) is 6.42 Å². The third-order valence-electron chi connectivity index (χ3n) is 6.00. The molecule has 192 valence electrons. The Morgan fingerprint density at radius 2 is 1.78 bits per heavy atom. The smallest absolute Gasteiger partial charge is 0.411 e. The second-order valence-corrected chi connectivity index (χ2v) is 8.60. The fourth-order valence-electron chi connectivity index (χ4n) is 4.07. The minimum absolute atomic E-state index is 0.0918. The van der Waals surface area contributed by atoms with Gasteiger partial charge in [-0.25, -0.2) is 9.18 Å². The maximum atomic E-state index is 13.3. The summed E-state index contributed by atoms with van der Waals surface area (Å²) in [5.74, 6) is -0.457. The number of carbonyl (C=O) groups is 3. The Bertz CT molecular complexity index is 1260. The van der Waals surface area contributed by atoms with Crippen molar-refractivity contribution >= 4 is 23.6 Å². The summed E-state index contributed by atoms with van der Waals surface area (Å²) in [7, 11) is 1.53. The molecular weight excluding hydrogens is 477 g/mol. The lowest BCUT2D eigenvalue weighted by Crippen LogP contribution is -2.46. The molecule has 8 nitrogen and oxygen atoms in total. The lowest BCUT2D eigenvalue weighted by atomic mass is 10.00. The van der Waals surface area contributed by atoms with Crippen LogP contribution in [0.1, 0.15) is 40.9 Å². The molecule has 1 saturated heterocycles. The Morgan fingerprint density at radius 3 is 2.46 bits per heavy atom. The summed E-state index contributed by atoms with van der Waals surface area (Å²) >= 11 is 0. The number of anilines is 1. The maximum absolute atomic E-state index is 13.3. The van der Waals surface area contributed by atoms with Gasteiger partial charge in [0.25, 0.3) is 5.91 Å². The minimum Gasteiger partial charge on any atom is -0.497 e. The van der Waals surface area contributed by atoms with Gasteiger partial charge in [0.2, 0.25) is 5.91 Å². The van der Waals surface area contributed by atoms with Gasteiger partial charge in [-0.05, 0) is 60.0 Å². The van der Waals surface area contributed by atoms with Gasteiger partial charge < -0.3 is 20.1 Å². The highest BCUT2D eigenvalue weighted by Crippen LogP contribution is 2.34. The van der Waals surface area contributed by atoms with Gasteiger partial charge >= 0.3 is 6.09 Å². The number of cyclic esters (lactones) is 1. The first-order chi connectivity index (χ1) is 17.9. The molecular formula is C28H28FN3O5. The fourth-order valence-corrected chi connectivity index (χ4v) is 4.07. The molecule has 2 N–H and O–H groups in total. The van der Waals surface area contributed by atoms with Crippen LogP contribution in [0.3, 0.4) is 0 Å². The quantitative estimate of drug-likeness (QED) is 0.440. The molecule has 1 aliphatic heterocycles. The van der Waals surface area contributed by atoms with E-state index in [9.17, 15) is 18.8 Å². The molecule has 1 heterocycles. The summed E-state index contributed by atoms with van der Waals surface area (Å²) in [6, 6.07) is 18.4. The number of amides is 3. The van der Waals surface area contributed by atoms with Crippen LogP contribution in [-0.2, 0) is 16.1 Å². The van der Waals surface area contributed by atoms with Crippen molar-refractivity contribution in [1.82, 2.24) is 10.2 Å². The number of methoxy groups -OCH3 is 1. The van der Waals surface area contributed by atoms with Gasteiger partial charge in [-0.3, -0.25) is 14.5 Å². The van der Waals surface area contributed by atoms with Gasteiger partial charge in [0.05, 0.1) is 13.7 Å². The van der Waals surface area contributed by atoms with Crippen molar-refractivity contribution in [2.24, 2.45) is 0 Å². The van der Waals surface area contributed by atoms with Crippen LogP contribution in [0.15, 0.2) is 72.8 Å². The average molecular weight is 506 g/mol. The zero-order chi connectivity index (χ0) is 26.4. The van der Waals surface area contributed by atoms with Crippen molar-refractivity contribution in [3.63, 3.8) is 0 Å². The summed E-state index contributed by atoms with van der Waals surface area (Å²) < 4.78 is 24.1. The van der Waals surface area contributed by atoms with E-state index in [1.807, 2.05) is 6.92 Å². The zero-order valence-electron chi connectivity index (χ0n) is 20.6. The molecule has 3 aromatic rings. The highest BCUT2D eigenvalue weighted by Gasteiger charge is 2.46. The van der Waals surface area contributed by atoms with E-state index >= 15 is 0 Å². The average Bonchev–Trinajstić information content (AvgIpc) is 3.24. The first kappa shape index (κ1) is 25.7. The highest BCUT2D eigenvalue weighted by atomic mass is 19.1. The molecule has 3 aromatic carbocycles. The number of rotatable bonds is 9. The van der Waals surface area contributed by atoms with Crippen molar-refractivity contribution in [2.45, 2.75) is 32.0 Å². The van der Waals surface area contributed by atoms with Crippen LogP contribution in [0, 0.1) is 5.82 Å². The van der Waals surface area contributed by atoms with Gasteiger partial charge in [0, 0.05) is 17.8 Å². The second-order valence-electron chi connectivity index (χ2n) is 8.60. The van der Waals surface area contributed by atoms with E-state index in [1.54, 1.807) is 60.7 Å². The Kier molecular flexibility index (Phi) is 8.02. The van der Waals surface area contributed by atoms with E-state index in [-0.39, 0.29) is 24.2 Å². The Labute approximate surface area is 214 Å². The summed E-state index contributed by atoms with van der Waals surface area (Å²) in [5.41, 5.74) is 2.25. The number of halogens is 1. The summed E-state index contributed by atoms with van der Waals surface area (Å²) in [6.07, 6.45) is -0.758. The molecule has 0 saturated carbocycles. The number of nitrogens with zero attached hydrogens (tertiary/aromatic N) is 1. The first-order valence-corrected chi connectivity index (χ1v) is 11.9. The third-order valence-corrected chi connectivity index (χ3v) is 6.00. The van der Waals surface area contributed by atoms with E-state index < -0.39 is 18.2 Å². The third kappa shape index (κ3) is 6.06. The molecule has 4 rings (SSSR count). The predicted molar refractivity (Wildman–Crippen MR) is 136 cm³/mol. The second kappa shape index (κ2) is 11.6. The summed E-state index contributed by atoms with van der Waals surface area (Å²) in [6.45, 7) is 2.48. The predicted octanol–water partition coefficient (Wildman–Crippen LogP) is 4.67. The fraction of sp³-hybridized carbons (Fsp3) is 0.250. The molecule has 1 fully saturated rings. The molecule has 1 aliphatic rings. The Hall–Kier alpha value is -4.40. The van der Waals surface area contributed by atoms with Crippen molar-refractivity contribution < 1.29 is 28.2 Å². The van der Waals surface area contributed by atoms with Gasteiger partial charge in [-0.2, -0.15) is 0 Å². The van der Waals surface area contributed by atoms with Gasteiger partial charge in [0.15, 0.2) is 12.1 Å². The molecule has 0 aliphatic carbocycles. The Balaban J connectivity index is 1.53. The topological polar surface area (TPSA) is 97.0 Å². The minimum atomic E-state index is -0.915. The molecule has 2 unspecified atom stereocenters. The molecule has 0 aromatic heterocycles. The number of benzene rings is 3. The number of hydrogen-bond donors (Lipinski definition) is 2. The van der Waals surface area contributed by atoms with Crippen LogP contribution in [0.4, 0.5) is 14.9 Å². The molecule has 0 bridgehead atoms. The number of ether oxygens (including phenoxy) is 2. The summed E-state index contributed by atoms with van der Waals surface area (Å²) in [5, 5.41) is 5.67. The van der Waals surface area contributed by atoms with Gasteiger partial charge in [-0.1, -0.05) is 37.3 Å². The van der Waals surface area contributed by atoms with Gasteiger partial charge in [0.1, 0.15) is 11.6 Å². The largest absolute Gasteiger partial charge is 0.497 e. The number of carbonyl (C=O) groups excluding carboxylic acids is 3. The van der Waals surface area contributed by atoms with E-state index in [4.69, 9.17) is 9.47 Å². The van der Waals surface area contributed by atoms with Crippen LogP contribution in [0.25, 0.3) is 0 Å². The monoisotopic (exact) mass is 505 g/mol. The zero-order valence-corrected chi connectivity index (χ0v) is 20.6. The van der Waals surface area contributed by atoms with Crippen LogP contribution in [0.5, 0.6) is 5.75 Å².